The van der Waals surface area contributed by atoms with Crippen LogP contribution in [0, 0.1) is 5.92 Å². The molecule has 0 saturated carbocycles. The summed E-state index contributed by atoms with van der Waals surface area (Å²) in [7, 11) is 1.59. The maximum atomic E-state index is 11.6. The zero-order valence-corrected chi connectivity index (χ0v) is 11.3. The first-order chi connectivity index (χ1) is 7.88. The molecule has 1 aliphatic heterocycles. The molecule has 1 N–H and O–H groups in total. The highest BCUT2D eigenvalue weighted by molar-refractivity contribution is 5.66. The van der Waals surface area contributed by atoms with Crippen LogP contribution in [0.5, 0.6) is 0 Å². The number of hydrogen-bond acceptors (Lipinski definition) is 4. The highest BCUT2D eigenvalue weighted by Gasteiger charge is 2.21. The number of piperidine rings is 1. The van der Waals surface area contributed by atoms with Gasteiger partial charge in [0.15, 0.2) is 0 Å². The fourth-order valence-electron chi connectivity index (χ4n) is 1.64. The van der Waals surface area contributed by atoms with Gasteiger partial charge < -0.3 is 10.1 Å². The Balaban J connectivity index is 2.23. The van der Waals surface area contributed by atoms with E-state index in [4.69, 9.17) is 9.57 Å². The van der Waals surface area contributed by atoms with E-state index in [-0.39, 0.29) is 0 Å². The first kappa shape index (κ1) is 14.3. The molecule has 0 aromatic carbocycles. The minimum Gasteiger partial charge on any atom is -0.442 e. The van der Waals surface area contributed by atoms with Crippen LogP contribution in [0.4, 0.5) is 4.79 Å². The van der Waals surface area contributed by atoms with Crippen molar-refractivity contribution in [1.29, 1.82) is 0 Å². The Hall–Kier alpha value is -0.810. The van der Waals surface area contributed by atoms with Crippen molar-refractivity contribution in [3.8, 4) is 0 Å². The van der Waals surface area contributed by atoms with Crippen LogP contribution in [0.25, 0.3) is 0 Å². The van der Waals surface area contributed by atoms with Crippen LogP contribution in [0.2, 0.25) is 0 Å². The summed E-state index contributed by atoms with van der Waals surface area (Å²) in [5, 5.41) is 4.48. The molecule has 1 rings (SSSR count). The van der Waals surface area contributed by atoms with Crippen LogP contribution in [-0.2, 0) is 9.57 Å². The third-order valence-corrected chi connectivity index (χ3v) is 2.61. The lowest BCUT2D eigenvalue weighted by Crippen LogP contribution is -2.37. The number of rotatable bonds is 3. The van der Waals surface area contributed by atoms with Gasteiger partial charge in [-0.05, 0) is 52.6 Å². The molecular weight excluding hydrogens is 220 g/mol. The lowest BCUT2D eigenvalue weighted by atomic mass is 10.00. The predicted octanol–water partition coefficient (Wildman–Crippen LogP) is 1.78. The van der Waals surface area contributed by atoms with Crippen LogP contribution in [0.1, 0.15) is 33.6 Å². The molecule has 17 heavy (non-hydrogen) atoms. The number of carbonyl (C=O) groups excluding carboxylic acids is 1. The molecule has 0 aromatic heterocycles. The number of amides is 1. The van der Waals surface area contributed by atoms with Gasteiger partial charge in [0.2, 0.25) is 0 Å². The molecule has 0 radical (unpaired) electrons. The van der Waals surface area contributed by atoms with Gasteiger partial charge in [0.25, 0.3) is 0 Å². The summed E-state index contributed by atoms with van der Waals surface area (Å²) in [6, 6.07) is 0. The van der Waals surface area contributed by atoms with E-state index in [1.165, 1.54) is 5.06 Å². The first-order valence-corrected chi connectivity index (χ1v) is 6.19. The van der Waals surface area contributed by atoms with Gasteiger partial charge in [-0.1, -0.05) is 0 Å². The molecule has 5 heteroatoms. The van der Waals surface area contributed by atoms with Crippen molar-refractivity contribution < 1.29 is 14.4 Å². The topological polar surface area (TPSA) is 50.8 Å². The standard InChI is InChI=1S/C12H24N2O3/c1-12(2,3)17-11(15)14(4)16-9-10-5-7-13-8-6-10/h10,13H,5-9H2,1-4H3. The van der Waals surface area contributed by atoms with Gasteiger partial charge in [0.05, 0.1) is 6.61 Å². The minimum absolute atomic E-state index is 0.438. The van der Waals surface area contributed by atoms with Gasteiger partial charge in [0.1, 0.15) is 5.60 Å². The zero-order chi connectivity index (χ0) is 12.9. The first-order valence-electron chi connectivity index (χ1n) is 6.19. The van der Waals surface area contributed by atoms with Gasteiger partial charge in [-0.15, -0.1) is 0 Å². The van der Waals surface area contributed by atoms with Gasteiger partial charge >= 0.3 is 6.09 Å². The lowest BCUT2D eigenvalue weighted by Gasteiger charge is -2.27. The van der Waals surface area contributed by atoms with E-state index < -0.39 is 11.7 Å². The Morgan fingerprint density at radius 1 is 1.35 bits per heavy atom. The second-order valence-electron chi connectivity index (χ2n) is 5.47. The number of hydroxylamine groups is 2. The molecule has 1 aliphatic rings. The molecule has 0 bridgehead atoms. The monoisotopic (exact) mass is 244 g/mol. The fourth-order valence-corrected chi connectivity index (χ4v) is 1.64. The molecule has 1 saturated heterocycles. The van der Waals surface area contributed by atoms with Crippen molar-refractivity contribution in [1.82, 2.24) is 10.4 Å². The Kier molecular flexibility index (Phi) is 5.21. The average Bonchev–Trinajstić information content (AvgIpc) is 2.25. The molecular formula is C12H24N2O3. The van der Waals surface area contributed by atoms with Gasteiger partial charge in [-0.2, -0.15) is 5.06 Å². The van der Waals surface area contributed by atoms with Gasteiger partial charge in [-0.3, -0.25) is 4.84 Å². The largest absolute Gasteiger partial charge is 0.442 e. The van der Waals surface area contributed by atoms with Crippen molar-refractivity contribution in [2.75, 3.05) is 26.7 Å². The fraction of sp³-hybridized carbons (Fsp3) is 0.917. The highest BCUT2D eigenvalue weighted by Crippen LogP contribution is 2.13. The lowest BCUT2D eigenvalue weighted by molar-refractivity contribution is -0.142. The summed E-state index contributed by atoms with van der Waals surface area (Å²) in [5.41, 5.74) is -0.483. The molecule has 1 heterocycles. The minimum atomic E-state index is -0.483. The van der Waals surface area contributed by atoms with Crippen molar-refractivity contribution in [3.63, 3.8) is 0 Å². The van der Waals surface area contributed by atoms with E-state index in [1.807, 2.05) is 20.8 Å². The molecule has 0 aliphatic carbocycles. The summed E-state index contributed by atoms with van der Waals surface area (Å²) in [6.07, 6.45) is 1.76. The normalized spacial score (nSPS) is 17.9. The molecule has 0 atom stereocenters. The summed E-state index contributed by atoms with van der Waals surface area (Å²) < 4.78 is 5.19. The van der Waals surface area contributed by atoms with Crippen LogP contribution in [0.15, 0.2) is 0 Å². The summed E-state index contributed by atoms with van der Waals surface area (Å²) >= 11 is 0. The number of hydrogen-bond donors (Lipinski definition) is 1. The number of ether oxygens (including phenoxy) is 1. The molecule has 1 fully saturated rings. The number of carbonyl (C=O) groups is 1. The van der Waals surface area contributed by atoms with E-state index in [2.05, 4.69) is 5.32 Å². The summed E-state index contributed by atoms with van der Waals surface area (Å²) in [5.74, 6) is 0.529. The molecule has 0 spiro atoms. The predicted molar refractivity (Wildman–Crippen MR) is 65.5 cm³/mol. The van der Waals surface area contributed by atoms with Crippen LogP contribution >= 0.6 is 0 Å². The van der Waals surface area contributed by atoms with E-state index in [9.17, 15) is 4.79 Å². The van der Waals surface area contributed by atoms with Crippen molar-refractivity contribution in [2.24, 2.45) is 5.92 Å². The summed E-state index contributed by atoms with van der Waals surface area (Å²) in [6.45, 7) is 8.16. The molecule has 100 valence electrons. The van der Waals surface area contributed by atoms with E-state index in [1.54, 1.807) is 7.05 Å². The second kappa shape index (κ2) is 6.21. The molecule has 5 nitrogen and oxygen atoms in total. The SMILES string of the molecule is CN(OCC1CCNCC1)C(=O)OC(C)(C)C. The van der Waals surface area contributed by atoms with Crippen molar-refractivity contribution >= 4 is 6.09 Å². The molecule has 1 amide bonds. The average molecular weight is 244 g/mol. The van der Waals surface area contributed by atoms with Gasteiger partial charge in [0, 0.05) is 7.05 Å². The smallest absolute Gasteiger partial charge is 0.434 e. The van der Waals surface area contributed by atoms with Crippen LogP contribution in [-0.4, -0.2) is 43.5 Å². The van der Waals surface area contributed by atoms with E-state index in [0.717, 1.165) is 25.9 Å². The second-order valence-corrected chi connectivity index (χ2v) is 5.47. The van der Waals surface area contributed by atoms with Crippen LogP contribution in [0.3, 0.4) is 0 Å². The van der Waals surface area contributed by atoms with Crippen molar-refractivity contribution in [2.45, 2.75) is 39.2 Å². The number of nitrogens with one attached hydrogen (secondary N) is 1. The third-order valence-electron chi connectivity index (χ3n) is 2.61. The van der Waals surface area contributed by atoms with E-state index in [0.29, 0.717) is 12.5 Å². The Bertz CT molecular complexity index is 245. The Morgan fingerprint density at radius 2 is 1.94 bits per heavy atom. The number of nitrogens with zero attached hydrogens (tertiary/aromatic N) is 1. The highest BCUT2D eigenvalue weighted by atomic mass is 16.7. The maximum Gasteiger partial charge on any atom is 0.434 e. The quantitative estimate of drug-likeness (QED) is 0.769. The summed E-state index contributed by atoms with van der Waals surface area (Å²) in [4.78, 5) is 17.0. The zero-order valence-electron chi connectivity index (χ0n) is 11.3. The van der Waals surface area contributed by atoms with Gasteiger partial charge in [-0.25, -0.2) is 4.79 Å². The Morgan fingerprint density at radius 3 is 2.47 bits per heavy atom. The molecule has 0 aromatic rings. The van der Waals surface area contributed by atoms with E-state index >= 15 is 0 Å². The third kappa shape index (κ3) is 5.89. The Labute approximate surface area is 103 Å². The van der Waals surface area contributed by atoms with Crippen LogP contribution < -0.4 is 5.32 Å². The molecule has 0 unspecified atom stereocenters. The maximum absolute atomic E-state index is 11.6. The van der Waals surface area contributed by atoms with Crippen molar-refractivity contribution in [3.05, 3.63) is 0 Å².